The van der Waals surface area contributed by atoms with Crippen molar-refractivity contribution in [3.8, 4) is 33.6 Å². The van der Waals surface area contributed by atoms with Crippen LogP contribution in [0.1, 0.15) is 45.6 Å². The maximum atomic E-state index is 7.70. The third-order valence-corrected chi connectivity index (χ3v) is 8.99. The molecule has 0 amide bonds. The molecule has 0 aliphatic heterocycles. The fourth-order valence-corrected chi connectivity index (χ4v) is 6.68. The first-order valence-electron chi connectivity index (χ1n) is 16.7. The van der Waals surface area contributed by atoms with E-state index in [1.54, 1.807) is 6.20 Å². The molecule has 8 rings (SSSR count). The Kier molecular flexibility index (Phi) is 8.38. The number of pyridine rings is 2. The van der Waals surface area contributed by atoms with Gasteiger partial charge in [0.05, 0.1) is 20.8 Å². The van der Waals surface area contributed by atoms with Gasteiger partial charge < -0.3 is 14.4 Å². The number of aryl methyl sites for hydroxylation is 3. The Bertz CT molecular complexity index is 2380. The van der Waals surface area contributed by atoms with Crippen molar-refractivity contribution < 1.29 is 28.6 Å². The van der Waals surface area contributed by atoms with Crippen LogP contribution < -0.4 is 0 Å². The molecule has 1 radical (unpaired) electrons. The maximum absolute atomic E-state index is 7.70. The van der Waals surface area contributed by atoms with Gasteiger partial charge in [0.15, 0.2) is 0 Å². The Balaban J connectivity index is 0.000000281. The minimum Gasteiger partial charge on any atom is -0.501 e. The van der Waals surface area contributed by atoms with Gasteiger partial charge in [-0.1, -0.05) is 61.2 Å². The summed E-state index contributed by atoms with van der Waals surface area (Å²) in [6, 6.07) is 36.4. The van der Waals surface area contributed by atoms with E-state index in [0.717, 1.165) is 38.0 Å². The zero-order valence-corrected chi connectivity index (χ0v) is 29.6. The number of furan rings is 1. The molecule has 0 N–H and O–H groups in total. The van der Waals surface area contributed by atoms with E-state index in [1.807, 2.05) is 72.9 Å². The second-order valence-electron chi connectivity index (χ2n) is 11.6. The van der Waals surface area contributed by atoms with Crippen molar-refractivity contribution in [2.45, 2.75) is 40.5 Å². The number of aromatic nitrogens is 3. The Morgan fingerprint density at radius 2 is 1.66 bits per heavy atom. The van der Waals surface area contributed by atoms with Gasteiger partial charge >= 0.3 is 0 Å². The molecule has 6 heteroatoms. The van der Waals surface area contributed by atoms with Crippen molar-refractivity contribution >= 4 is 43.5 Å². The minimum atomic E-state index is -2.23. The fourth-order valence-electron chi connectivity index (χ4n) is 5.95. The smallest absolute Gasteiger partial charge is 0.123 e. The van der Waals surface area contributed by atoms with Crippen LogP contribution in [0.15, 0.2) is 108 Å². The number of fused-ring (bicyclic) bond motifs is 4. The summed E-state index contributed by atoms with van der Waals surface area (Å²) in [4.78, 5) is 13.4. The van der Waals surface area contributed by atoms with E-state index in [9.17, 15) is 0 Å². The summed E-state index contributed by atoms with van der Waals surface area (Å²) in [7, 11) is 0. The normalized spacial score (nSPS) is 12.3. The largest absolute Gasteiger partial charge is 0.501 e. The Morgan fingerprint density at radius 1 is 0.830 bits per heavy atom. The zero-order chi connectivity index (χ0) is 34.3. The number of nitrogens with zero attached hydrogens (tertiary/aromatic N) is 3. The van der Waals surface area contributed by atoms with Gasteiger partial charge in [-0.2, -0.15) is 0 Å². The fraction of sp³-hybridized carbons (Fsp3) is 0.146. The molecule has 4 aromatic carbocycles. The number of thiazole rings is 1. The molecule has 4 heterocycles. The quantitative estimate of drug-likeness (QED) is 0.166. The number of hydrogen-bond donors (Lipinski definition) is 0. The Labute approximate surface area is 297 Å². The van der Waals surface area contributed by atoms with Crippen LogP contribution in [0, 0.1) is 32.8 Å². The molecule has 4 nitrogen and oxygen atoms in total. The van der Waals surface area contributed by atoms with Crippen LogP contribution in [-0.2, 0) is 20.1 Å². The molecule has 0 fully saturated rings. The van der Waals surface area contributed by atoms with E-state index in [0.29, 0.717) is 22.6 Å². The summed E-state index contributed by atoms with van der Waals surface area (Å²) in [5.41, 5.74) is 11.7. The summed E-state index contributed by atoms with van der Waals surface area (Å²) in [5.74, 6) is 0.321. The van der Waals surface area contributed by atoms with Crippen LogP contribution in [0.25, 0.3) is 65.8 Å². The van der Waals surface area contributed by atoms with Crippen LogP contribution in [0.5, 0.6) is 0 Å². The molecule has 0 atom stereocenters. The molecule has 47 heavy (non-hydrogen) atoms. The van der Waals surface area contributed by atoms with E-state index >= 15 is 0 Å². The number of hydrogen-bond acceptors (Lipinski definition) is 5. The second kappa shape index (κ2) is 13.7. The van der Waals surface area contributed by atoms with Crippen LogP contribution >= 0.6 is 11.3 Å². The summed E-state index contributed by atoms with van der Waals surface area (Å²) >= 11 is 1.20. The van der Waals surface area contributed by atoms with Gasteiger partial charge in [-0.05, 0) is 78.0 Å². The Morgan fingerprint density at radius 3 is 2.38 bits per heavy atom. The maximum Gasteiger partial charge on any atom is 0.123 e. The average Bonchev–Trinajstić information content (AvgIpc) is 3.69. The molecule has 0 saturated carbocycles. The molecule has 4 aromatic heterocycles. The van der Waals surface area contributed by atoms with E-state index in [4.69, 9.17) is 13.5 Å². The molecule has 8 aromatic rings. The second-order valence-corrected chi connectivity index (χ2v) is 12.6. The Hall–Kier alpha value is -4.48. The van der Waals surface area contributed by atoms with Crippen molar-refractivity contribution in [1.29, 1.82) is 0 Å². The van der Waals surface area contributed by atoms with Crippen molar-refractivity contribution in [3.05, 3.63) is 137 Å². The van der Waals surface area contributed by atoms with Gasteiger partial charge in [0.1, 0.15) is 5.58 Å². The van der Waals surface area contributed by atoms with Crippen LogP contribution in [-0.4, -0.2) is 15.0 Å². The summed E-state index contributed by atoms with van der Waals surface area (Å²) in [6.07, 6.45) is 3.77. The van der Waals surface area contributed by atoms with E-state index < -0.39 is 6.85 Å². The predicted molar refractivity (Wildman–Crippen MR) is 191 cm³/mol. The topological polar surface area (TPSA) is 51.8 Å². The molecule has 0 aliphatic rings. The van der Waals surface area contributed by atoms with Gasteiger partial charge in [-0.25, -0.2) is 4.98 Å². The monoisotopic (exact) mass is 811 g/mol. The third-order valence-electron chi connectivity index (χ3n) is 8.15. The number of rotatable bonds is 4. The standard InChI is InChI=1S/C30H25N2OS.C11H8N.Ir/c1-16(2)24-15-31-25(12-23(24)29-17(3)8-6-9-18(29)4)21-11-7-10-20-22-13-28-26(32-19(5)34-28)14-27(22)33-30(20)21;1-2-6-10(7-3-1)11-8-4-5-9-12-11;/h6-10,12-16H,1-5H3;1-6,8-9H;/q2*-1;/i5D3;;. The van der Waals surface area contributed by atoms with Gasteiger partial charge in [0, 0.05) is 48.1 Å². The van der Waals surface area contributed by atoms with E-state index in [1.165, 1.54) is 39.2 Å². The van der Waals surface area contributed by atoms with Crippen molar-refractivity contribution in [3.63, 3.8) is 0 Å². The van der Waals surface area contributed by atoms with Crippen molar-refractivity contribution in [2.75, 3.05) is 0 Å². The first kappa shape index (κ1) is 28.7. The summed E-state index contributed by atoms with van der Waals surface area (Å²) in [6.45, 7) is 6.45. The SMILES string of the molecule is [2H]C([2H])([2H])c1nc2cc3oc4c(-c5cc(-c6c(C)cccc6C)c(C(C)C)cn5)[c-]ccc4c3cc2s1.[Ir].[c-]1ccccc1-c1ccccn1. The van der Waals surface area contributed by atoms with Crippen LogP contribution in [0.3, 0.4) is 0 Å². The number of benzene rings is 4. The molecule has 0 bridgehead atoms. The van der Waals surface area contributed by atoms with Gasteiger partial charge in [-0.3, -0.25) is 0 Å². The van der Waals surface area contributed by atoms with Crippen molar-refractivity contribution in [2.24, 2.45) is 0 Å². The molecule has 235 valence electrons. The van der Waals surface area contributed by atoms with Crippen molar-refractivity contribution in [1.82, 2.24) is 15.0 Å². The molecule has 0 unspecified atom stereocenters. The minimum absolute atomic E-state index is 0. The molecular formula is C41H33IrN3OS-2. The predicted octanol–water partition coefficient (Wildman–Crippen LogP) is 11.3. The average molecular weight is 811 g/mol. The van der Waals surface area contributed by atoms with Gasteiger partial charge in [-0.15, -0.1) is 65.4 Å². The van der Waals surface area contributed by atoms with Crippen LogP contribution in [0.4, 0.5) is 0 Å². The van der Waals surface area contributed by atoms with Gasteiger partial charge in [0.25, 0.3) is 0 Å². The molecular weight excluding hydrogens is 775 g/mol. The molecule has 0 aliphatic carbocycles. The first-order valence-corrected chi connectivity index (χ1v) is 16.0. The third kappa shape index (κ3) is 6.42. The van der Waals surface area contributed by atoms with Crippen LogP contribution in [0.2, 0.25) is 0 Å². The summed E-state index contributed by atoms with van der Waals surface area (Å²) in [5, 5.41) is 2.01. The summed E-state index contributed by atoms with van der Waals surface area (Å²) < 4.78 is 30.3. The van der Waals surface area contributed by atoms with Gasteiger partial charge in [0.2, 0.25) is 0 Å². The molecule has 0 saturated heterocycles. The van der Waals surface area contributed by atoms with E-state index in [-0.39, 0.29) is 25.1 Å². The first-order chi connectivity index (χ1) is 23.6. The zero-order valence-electron chi connectivity index (χ0n) is 29.4. The van der Waals surface area contributed by atoms with E-state index in [2.05, 4.69) is 74.1 Å². The molecule has 0 spiro atoms.